The van der Waals surface area contributed by atoms with Crippen LogP contribution in [0.25, 0.3) is 0 Å². The van der Waals surface area contributed by atoms with E-state index in [1.54, 1.807) is 11.3 Å². The topological polar surface area (TPSA) is 120 Å². The fraction of sp³-hybridized carbons (Fsp3) is 0.381. The average Bonchev–Trinajstić information content (AvgIpc) is 3.48. The Hall–Kier alpha value is -3.07. The van der Waals surface area contributed by atoms with Gasteiger partial charge in [0, 0.05) is 23.5 Å². The number of aliphatic imine (C=N–C) groups is 1. The van der Waals surface area contributed by atoms with Crippen LogP contribution in [0.15, 0.2) is 41.4 Å². The number of hydrogen-bond donors (Lipinski definition) is 4. The van der Waals surface area contributed by atoms with Gasteiger partial charge in [0.25, 0.3) is 0 Å². The van der Waals surface area contributed by atoms with Crippen molar-refractivity contribution >= 4 is 34.9 Å². The first-order valence-corrected chi connectivity index (χ1v) is 10.7. The van der Waals surface area contributed by atoms with Gasteiger partial charge in [-0.1, -0.05) is 12.1 Å². The van der Waals surface area contributed by atoms with Gasteiger partial charge in [-0.05, 0) is 55.5 Å². The van der Waals surface area contributed by atoms with Crippen LogP contribution in [0.4, 0.5) is 5.69 Å². The summed E-state index contributed by atoms with van der Waals surface area (Å²) in [5.41, 5.74) is 2.39. The van der Waals surface area contributed by atoms with E-state index in [9.17, 15) is 0 Å². The van der Waals surface area contributed by atoms with Crippen molar-refractivity contribution in [2.24, 2.45) is 4.99 Å². The lowest BCUT2D eigenvalue weighted by Crippen LogP contribution is -2.26. The second kappa shape index (κ2) is 10.6. The smallest absolute Gasteiger partial charge is 0.414 e. The second-order valence-corrected chi connectivity index (χ2v) is 8.14. The molecule has 8 nitrogen and oxygen atoms in total. The van der Waals surface area contributed by atoms with E-state index in [1.807, 2.05) is 0 Å². The molecule has 4 rings (SSSR count). The highest BCUT2D eigenvalue weighted by atomic mass is 32.1. The molecular weight excluding hydrogens is 406 g/mol. The molecule has 0 spiro atoms. The van der Waals surface area contributed by atoms with Crippen LogP contribution in [0.5, 0.6) is 5.06 Å². The van der Waals surface area contributed by atoms with Crippen molar-refractivity contribution in [1.29, 1.82) is 0 Å². The molecule has 0 radical (unpaired) electrons. The average molecular weight is 432 g/mol. The van der Waals surface area contributed by atoms with Gasteiger partial charge < -0.3 is 25.6 Å². The summed E-state index contributed by atoms with van der Waals surface area (Å²) in [7, 11) is 0. The third-order valence-corrected chi connectivity index (χ3v) is 5.65. The number of anilines is 1. The lowest BCUT2D eigenvalue weighted by molar-refractivity contribution is -0.159. The summed E-state index contributed by atoms with van der Waals surface area (Å²) in [6.45, 7) is 1.77. The highest BCUT2D eigenvalue weighted by Crippen LogP contribution is 2.31. The number of nitrogens with one attached hydrogen (secondary N) is 2. The standard InChI is InChI=1S/C19H23N3OS.C2H2O4/c1-2-4-16(3-1)23-18-10-9-17(24-18)13-14-5-7-15(8-6-14)22-19-20-11-12-21-19;3-1(4)2(5)6/h5-10,16H,1-4,11-13H2,(H2,20,21,22);(H,3,4)(H,5,6). The van der Waals surface area contributed by atoms with E-state index in [2.05, 4.69) is 52.0 Å². The van der Waals surface area contributed by atoms with Gasteiger partial charge in [-0.25, -0.2) is 9.59 Å². The van der Waals surface area contributed by atoms with Gasteiger partial charge in [0.15, 0.2) is 11.0 Å². The summed E-state index contributed by atoms with van der Waals surface area (Å²) in [4.78, 5) is 23.9. The lowest BCUT2D eigenvalue weighted by Gasteiger charge is -2.10. The molecule has 0 amide bonds. The molecule has 0 bridgehead atoms. The molecule has 160 valence electrons. The highest BCUT2D eigenvalue weighted by molar-refractivity contribution is 7.13. The van der Waals surface area contributed by atoms with E-state index in [-0.39, 0.29) is 0 Å². The number of thiophene rings is 1. The van der Waals surface area contributed by atoms with Crippen LogP contribution in [-0.4, -0.2) is 47.3 Å². The number of nitrogens with zero attached hydrogens (tertiary/aromatic N) is 1. The van der Waals surface area contributed by atoms with Crippen LogP contribution >= 0.6 is 11.3 Å². The fourth-order valence-corrected chi connectivity index (χ4v) is 4.17. The summed E-state index contributed by atoms with van der Waals surface area (Å²) >= 11 is 1.78. The number of carboxylic acid groups (broad SMARTS) is 2. The third-order valence-electron chi connectivity index (χ3n) is 4.67. The Morgan fingerprint density at radius 1 is 1.10 bits per heavy atom. The zero-order valence-electron chi connectivity index (χ0n) is 16.5. The maximum atomic E-state index is 9.10. The molecule has 9 heteroatoms. The monoisotopic (exact) mass is 431 g/mol. The van der Waals surface area contributed by atoms with Gasteiger partial charge in [-0.15, -0.1) is 11.3 Å². The number of benzene rings is 1. The summed E-state index contributed by atoms with van der Waals surface area (Å²) in [5.74, 6) is -2.78. The highest BCUT2D eigenvalue weighted by Gasteiger charge is 2.17. The van der Waals surface area contributed by atoms with Crippen LogP contribution in [0.1, 0.15) is 36.1 Å². The molecule has 1 aromatic heterocycles. The van der Waals surface area contributed by atoms with Gasteiger partial charge in [-0.2, -0.15) is 0 Å². The molecule has 2 heterocycles. The quantitative estimate of drug-likeness (QED) is 0.537. The summed E-state index contributed by atoms with van der Waals surface area (Å²) in [5, 5.41) is 22.4. The summed E-state index contributed by atoms with van der Waals surface area (Å²) < 4.78 is 6.08. The van der Waals surface area contributed by atoms with Gasteiger partial charge in [0.2, 0.25) is 0 Å². The number of aliphatic carboxylic acids is 2. The van der Waals surface area contributed by atoms with Gasteiger partial charge >= 0.3 is 11.9 Å². The SMILES string of the molecule is O=C(O)C(=O)O.c1cc(NC2=NCCN2)ccc1Cc1ccc(OC2CCCC2)s1. The molecule has 4 N–H and O–H groups in total. The van der Waals surface area contributed by atoms with E-state index < -0.39 is 11.9 Å². The molecule has 1 aliphatic heterocycles. The molecule has 1 aliphatic carbocycles. The Balaban J connectivity index is 0.000000377. The van der Waals surface area contributed by atoms with Gasteiger partial charge in [-0.3, -0.25) is 4.99 Å². The van der Waals surface area contributed by atoms with Crippen LogP contribution in [0, 0.1) is 0 Å². The number of carbonyl (C=O) groups is 2. The molecule has 0 saturated heterocycles. The molecule has 1 fully saturated rings. The third kappa shape index (κ3) is 6.77. The van der Waals surface area contributed by atoms with E-state index in [4.69, 9.17) is 24.5 Å². The Labute approximate surface area is 178 Å². The van der Waals surface area contributed by atoms with Crippen LogP contribution in [0.2, 0.25) is 0 Å². The van der Waals surface area contributed by atoms with Gasteiger partial charge in [0.1, 0.15) is 0 Å². The molecular formula is C21H25N3O5S. The van der Waals surface area contributed by atoms with Crippen molar-refractivity contribution in [1.82, 2.24) is 5.32 Å². The molecule has 0 unspecified atom stereocenters. The fourth-order valence-electron chi connectivity index (χ4n) is 3.21. The Morgan fingerprint density at radius 2 is 1.80 bits per heavy atom. The minimum absolute atomic E-state index is 0.439. The molecule has 2 aliphatic rings. The van der Waals surface area contributed by atoms with Crippen molar-refractivity contribution in [2.75, 3.05) is 18.4 Å². The van der Waals surface area contributed by atoms with E-state index in [0.29, 0.717) is 6.10 Å². The first kappa shape index (κ1) is 21.6. The second-order valence-electron chi connectivity index (χ2n) is 7.01. The first-order valence-electron chi connectivity index (χ1n) is 9.85. The van der Waals surface area contributed by atoms with E-state index >= 15 is 0 Å². The molecule has 1 aromatic carbocycles. The number of rotatable bonds is 5. The van der Waals surface area contributed by atoms with Crippen LogP contribution in [0.3, 0.4) is 0 Å². The first-order chi connectivity index (χ1) is 14.5. The number of guanidine groups is 1. The molecule has 30 heavy (non-hydrogen) atoms. The zero-order chi connectivity index (χ0) is 21.3. The van der Waals surface area contributed by atoms with Crippen molar-refractivity contribution in [3.05, 3.63) is 46.8 Å². The number of ether oxygens (including phenoxy) is 1. The molecule has 0 atom stereocenters. The Bertz CT molecular complexity index is 876. The Kier molecular flexibility index (Phi) is 7.67. The van der Waals surface area contributed by atoms with Crippen molar-refractivity contribution in [3.63, 3.8) is 0 Å². The maximum absolute atomic E-state index is 9.10. The van der Waals surface area contributed by atoms with E-state index in [0.717, 1.165) is 36.2 Å². The largest absolute Gasteiger partial charge is 0.481 e. The summed E-state index contributed by atoms with van der Waals surface area (Å²) in [6.07, 6.45) is 6.44. The predicted octanol–water partition coefficient (Wildman–Crippen LogP) is 3.19. The zero-order valence-corrected chi connectivity index (χ0v) is 17.3. The van der Waals surface area contributed by atoms with Crippen LogP contribution < -0.4 is 15.4 Å². The number of hydrogen-bond acceptors (Lipinski definition) is 7. The minimum atomic E-state index is -1.82. The summed E-state index contributed by atoms with van der Waals surface area (Å²) in [6, 6.07) is 12.9. The molecule has 2 aromatic rings. The predicted molar refractivity (Wildman–Crippen MR) is 116 cm³/mol. The van der Waals surface area contributed by atoms with Crippen molar-refractivity contribution in [3.8, 4) is 5.06 Å². The van der Waals surface area contributed by atoms with Crippen molar-refractivity contribution < 1.29 is 24.5 Å². The van der Waals surface area contributed by atoms with E-state index in [1.165, 1.54) is 36.1 Å². The van der Waals surface area contributed by atoms with Crippen LogP contribution in [-0.2, 0) is 16.0 Å². The minimum Gasteiger partial charge on any atom is -0.481 e. The maximum Gasteiger partial charge on any atom is 0.414 e. The number of carboxylic acids is 2. The van der Waals surface area contributed by atoms with Gasteiger partial charge in [0.05, 0.1) is 12.6 Å². The lowest BCUT2D eigenvalue weighted by atomic mass is 10.1. The normalized spacial score (nSPS) is 15.5. The van der Waals surface area contributed by atoms with Crippen molar-refractivity contribution in [2.45, 2.75) is 38.2 Å². The Morgan fingerprint density at radius 3 is 2.40 bits per heavy atom. The molecule has 1 saturated carbocycles.